The molecule has 3 nitrogen and oxygen atoms in total. The Morgan fingerprint density at radius 3 is 2.81 bits per heavy atom. The van der Waals surface area contributed by atoms with Crippen molar-refractivity contribution in [2.75, 3.05) is 7.11 Å². The van der Waals surface area contributed by atoms with E-state index >= 15 is 0 Å². The number of aromatic amines is 1. The van der Waals surface area contributed by atoms with Crippen molar-refractivity contribution in [2.24, 2.45) is 0 Å². The molecule has 1 heterocycles. The average molecular weight is 306 g/mol. The molecule has 0 aliphatic carbocycles. The van der Waals surface area contributed by atoms with Crippen LogP contribution in [0, 0.1) is 16.4 Å². The van der Waals surface area contributed by atoms with E-state index in [1.807, 2.05) is 18.2 Å². The Bertz CT molecular complexity index is 870. The van der Waals surface area contributed by atoms with Gasteiger partial charge in [-0.25, -0.2) is 8.78 Å². The number of fused-ring (bicyclic) bond motifs is 1. The lowest BCUT2D eigenvalue weighted by atomic mass is 10.2. The molecule has 3 rings (SSSR count). The predicted octanol–water partition coefficient (Wildman–Crippen LogP) is 4.11. The van der Waals surface area contributed by atoms with Gasteiger partial charge < -0.3 is 9.72 Å². The van der Waals surface area contributed by atoms with E-state index in [1.54, 1.807) is 13.2 Å². The fourth-order valence-corrected chi connectivity index (χ4v) is 2.64. The predicted molar refractivity (Wildman–Crippen MR) is 79.1 cm³/mol. The normalized spacial score (nSPS) is 11.2. The van der Waals surface area contributed by atoms with Crippen molar-refractivity contribution in [3.05, 3.63) is 58.4 Å². The second-order valence-electron chi connectivity index (χ2n) is 4.63. The van der Waals surface area contributed by atoms with Crippen molar-refractivity contribution in [3.8, 4) is 5.69 Å². The summed E-state index contributed by atoms with van der Waals surface area (Å²) in [5.41, 5.74) is 2.14. The van der Waals surface area contributed by atoms with E-state index in [-0.39, 0.29) is 5.52 Å². The summed E-state index contributed by atoms with van der Waals surface area (Å²) in [6, 6.07) is 9.88. The Kier molecular flexibility index (Phi) is 3.57. The molecule has 1 aromatic heterocycles. The summed E-state index contributed by atoms with van der Waals surface area (Å²) >= 11 is 5.23. The first-order chi connectivity index (χ1) is 10.1. The van der Waals surface area contributed by atoms with Crippen LogP contribution in [-0.4, -0.2) is 16.7 Å². The first kappa shape index (κ1) is 13.9. The minimum atomic E-state index is -0.919. The number of methoxy groups -OCH3 is 1. The Labute approximate surface area is 124 Å². The van der Waals surface area contributed by atoms with Gasteiger partial charge >= 0.3 is 0 Å². The van der Waals surface area contributed by atoms with Gasteiger partial charge in [0.15, 0.2) is 16.4 Å². The molecule has 0 spiro atoms. The SMILES string of the molecule is COCc1cccc(-n2c(=S)[nH]c3ccc(F)c(F)c32)c1. The van der Waals surface area contributed by atoms with Gasteiger partial charge in [0.05, 0.1) is 12.1 Å². The van der Waals surface area contributed by atoms with Gasteiger partial charge in [0.25, 0.3) is 0 Å². The van der Waals surface area contributed by atoms with Crippen LogP contribution in [0.15, 0.2) is 36.4 Å². The number of imidazole rings is 1. The van der Waals surface area contributed by atoms with E-state index in [0.29, 0.717) is 22.6 Å². The number of hydrogen-bond acceptors (Lipinski definition) is 2. The minimum absolute atomic E-state index is 0.106. The molecule has 0 aliphatic heterocycles. The van der Waals surface area contributed by atoms with Crippen molar-refractivity contribution >= 4 is 23.3 Å². The molecule has 0 saturated carbocycles. The Morgan fingerprint density at radius 2 is 2.05 bits per heavy atom. The minimum Gasteiger partial charge on any atom is -0.380 e. The van der Waals surface area contributed by atoms with Crippen LogP contribution in [0.2, 0.25) is 0 Å². The first-order valence-corrected chi connectivity index (χ1v) is 6.69. The Morgan fingerprint density at radius 1 is 1.24 bits per heavy atom. The monoisotopic (exact) mass is 306 g/mol. The van der Waals surface area contributed by atoms with Crippen molar-refractivity contribution in [1.82, 2.24) is 9.55 Å². The maximum atomic E-state index is 14.1. The lowest BCUT2D eigenvalue weighted by Gasteiger charge is -2.08. The van der Waals surface area contributed by atoms with E-state index in [1.165, 1.54) is 10.6 Å². The third-order valence-corrected chi connectivity index (χ3v) is 3.50. The van der Waals surface area contributed by atoms with Crippen LogP contribution >= 0.6 is 12.2 Å². The molecule has 0 amide bonds. The van der Waals surface area contributed by atoms with Crippen LogP contribution in [0.1, 0.15) is 5.56 Å². The number of aromatic nitrogens is 2. The van der Waals surface area contributed by atoms with E-state index in [2.05, 4.69) is 4.98 Å². The summed E-state index contributed by atoms with van der Waals surface area (Å²) in [7, 11) is 1.60. The lowest BCUT2D eigenvalue weighted by molar-refractivity contribution is 0.185. The molecule has 2 aromatic carbocycles. The number of nitrogens with one attached hydrogen (secondary N) is 1. The van der Waals surface area contributed by atoms with Crippen LogP contribution in [0.5, 0.6) is 0 Å². The standard InChI is InChI=1S/C15H12F2N2OS/c1-20-8-9-3-2-4-10(7-9)19-14-12(18-15(19)21)6-5-11(16)13(14)17/h2-7H,8H2,1H3,(H,18,21). The van der Waals surface area contributed by atoms with Crippen molar-refractivity contribution < 1.29 is 13.5 Å². The van der Waals surface area contributed by atoms with Crippen molar-refractivity contribution in [1.29, 1.82) is 0 Å². The maximum Gasteiger partial charge on any atom is 0.184 e. The van der Waals surface area contributed by atoms with Crippen LogP contribution in [0.25, 0.3) is 16.7 Å². The Hall–Kier alpha value is -2.05. The fourth-order valence-electron chi connectivity index (χ4n) is 2.33. The summed E-state index contributed by atoms with van der Waals surface area (Å²) in [5.74, 6) is -1.82. The molecule has 0 radical (unpaired) electrons. The molecule has 0 atom stereocenters. The summed E-state index contributed by atoms with van der Waals surface area (Å²) < 4.78 is 34.5. The molecule has 0 unspecified atom stereocenters. The molecule has 0 aliphatic rings. The summed E-state index contributed by atoms with van der Waals surface area (Å²) in [6.07, 6.45) is 0. The molecule has 0 bridgehead atoms. The maximum absolute atomic E-state index is 14.1. The molecular formula is C15H12F2N2OS. The fraction of sp³-hybridized carbons (Fsp3) is 0.133. The van der Waals surface area contributed by atoms with Crippen LogP contribution in [0.4, 0.5) is 8.78 Å². The van der Waals surface area contributed by atoms with Gasteiger partial charge in [0.2, 0.25) is 0 Å². The highest BCUT2D eigenvalue weighted by Crippen LogP contribution is 2.24. The largest absolute Gasteiger partial charge is 0.380 e. The quantitative estimate of drug-likeness (QED) is 0.738. The van der Waals surface area contributed by atoms with Gasteiger partial charge in [-0.3, -0.25) is 4.57 Å². The van der Waals surface area contributed by atoms with Crippen LogP contribution in [0.3, 0.4) is 0 Å². The van der Waals surface area contributed by atoms with E-state index in [4.69, 9.17) is 17.0 Å². The zero-order valence-electron chi connectivity index (χ0n) is 11.2. The summed E-state index contributed by atoms with van der Waals surface area (Å²) in [5, 5.41) is 0. The second-order valence-corrected chi connectivity index (χ2v) is 5.01. The van der Waals surface area contributed by atoms with E-state index in [0.717, 1.165) is 11.6 Å². The van der Waals surface area contributed by atoms with E-state index < -0.39 is 11.6 Å². The summed E-state index contributed by atoms with van der Waals surface area (Å²) in [6.45, 7) is 0.431. The molecule has 0 fully saturated rings. The van der Waals surface area contributed by atoms with Crippen molar-refractivity contribution in [3.63, 3.8) is 0 Å². The first-order valence-electron chi connectivity index (χ1n) is 6.29. The second kappa shape index (κ2) is 5.38. The van der Waals surface area contributed by atoms with Gasteiger partial charge in [-0.1, -0.05) is 12.1 Å². The topological polar surface area (TPSA) is 29.9 Å². The van der Waals surface area contributed by atoms with Gasteiger partial charge in [-0.15, -0.1) is 0 Å². The molecule has 1 N–H and O–H groups in total. The third-order valence-electron chi connectivity index (χ3n) is 3.22. The number of hydrogen-bond donors (Lipinski definition) is 1. The van der Waals surface area contributed by atoms with Crippen LogP contribution < -0.4 is 0 Å². The number of halogens is 2. The zero-order valence-corrected chi connectivity index (χ0v) is 12.0. The molecule has 21 heavy (non-hydrogen) atoms. The zero-order chi connectivity index (χ0) is 15.0. The molecule has 3 aromatic rings. The lowest BCUT2D eigenvalue weighted by Crippen LogP contribution is -1.99. The molecule has 0 saturated heterocycles. The van der Waals surface area contributed by atoms with Gasteiger partial charge in [0.1, 0.15) is 5.52 Å². The van der Waals surface area contributed by atoms with Gasteiger partial charge in [-0.05, 0) is 42.0 Å². The number of ether oxygens (including phenoxy) is 1. The number of rotatable bonds is 3. The van der Waals surface area contributed by atoms with Crippen molar-refractivity contribution in [2.45, 2.75) is 6.61 Å². The third kappa shape index (κ3) is 2.36. The van der Waals surface area contributed by atoms with E-state index in [9.17, 15) is 8.78 Å². The highest BCUT2D eigenvalue weighted by molar-refractivity contribution is 7.71. The highest BCUT2D eigenvalue weighted by atomic mass is 32.1. The molecular weight excluding hydrogens is 294 g/mol. The Balaban J connectivity index is 2.29. The molecule has 108 valence electrons. The van der Waals surface area contributed by atoms with Gasteiger partial charge in [-0.2, -0.15) is 0 Å². The average Bonchev–Trinajstić information content (AvgIpc) is 2.81. The number of H-pyrrole nitrogens is 1. The smallest absolute Gasteiger partial charge is 0.184 e. The highest BCUT2D eigenvalue weighted by Gasteiger charge is 2.15. The van der Waals surface area contributed by atoms with Gasteiger partial charge in [0, 0.05) is 12.8 Å². The summed E-state index contributed by atoms with van der Waals surface area (Å²) in [4.78, 5) is 2.88. The number of nitrogens with zero attached hydrogens (tertiary/aromatic N) is 1. The molecule has 6 heteroatoms. The number of benzene rings is 2. The van der Waals surface area contributed by atoms with Crippen LogP contribution in [-0.2, 0) is 11.3 Å².